The minimum Gasteiger partial charge on any atom is -0.387 e. The van der Waals surface area contributed by atoms with Gasteiger partial charge in [-0.25, -0.2) is 19.7 Å². The van der Waals surface area contributed by atoms with E-state index in [0.29, 0.717) is 30.0 Å². The number of nitrogens with zero attached hydrogens (tertiary/aromatic N) is 4. The number of nitrogen functional groups attached to an aromatic ring is 1. The van der Waals surface area contributed by atoms with Crippen LogP contribution in [0.4, 0.5) is 10.6 Å². The third kappa shape index (κ3) is 4.46. The topological polar surface area (TPSA) is 160 Å². The number of aliphatic hydroxyl groups is 2. The second-order valence-electron chi connectivity index (χ2n) is 6.34. The summed E-state index contributed by atoms with van der Waals surface area (Å²) in [5.74, 6) is 1.54. The number of nitrogens with one attached hydrogen (secondary N) is 2. The van der Waals surface area contributed by atoms with Crippen molar-refractivity contribution in [2.75, 3.05) is 30.3 Å². The molecule has 0 unspecified atom stereocenters. The smallest absolute Gasteiger partial charge is 0.314 e. The summed E-state index contributed by atoms with van der Waals surface area (Å²) in [5, 5.41) is 26.2. The number of nitrogens with two attached hydrogens (primary N) is 1. The second-order valence-corrected chi connectivity index (χ2v) is 7.49. The quantitative estimate of drug-likeness (QED) is 0.360. The summed E-state index contributed by atoms with van der Waals surface area (Å²) in [4.78, 5) is 23.5. The Balaban J connectivity index is 1.50. The van der Waals surface area contributed by atoms with E-state index >= 15 is 0 Å². The molecule has 1 aliphatic heterocycles. The SMILES string of the molecule is CCNC(=O)NCCCSC[C@@H]1O[C@H](n2cnc3c(N)ncnc32)[C@@H](O)[C@H]1O. The van der Waals surface area contributed by atoms with Gasteiger partial charge in [0.1, 0.15) is 24.1 Å². The highest BCUT2D eigenvalue weighted by atomic mass is 32.2. The number of aromatic nitrogens is 4. The van der Waals surface area contributed by atoms with Crippen molar-refractivity contribution in [3.8, 4) is 0 Å². The highest BCUT2D eigenvalue weighted by Gasteiger charge is 2.44. The van der Waals surface area contributed by atoms with E-state index in [2.05, 4.69) is 25.6 Å². The van der Waals surface area contributed by atoms with Crippen LogP contribution in [0, 0.1) is 0 Å². The van der Waals surface area contributed by atoms with Crippen molar-refractivity contribution in [2.45, 2.75) is 37.9 Å². The number of carbonyl (C=O) groups is 1. The molecule has 0 aromatic carbocycles. The highest BCUT2D eigenvalue weighted by Crippen LogP contribution is 2.33. The first-order chi connectivity index (χ1) is 13.5. The van der Waals surface area contributed by atoms with Crippen LogP contribution in [-0.2, 0) is 4.74 Å². The summed E-state index contributed by atoms with van der Waals surface area (Å²) in [6.07, 6.45) is 0.103. The summed E-state index contributed by atoms with van der Waals surface area (Å²) in [6, 6.07) is -0.176. The molecule has 0 saturated carbocycles. The van der Waals surface area contributed by atoms with Crippen LogP contribution in [0.1, 0.15) is 19.6 Å². The van der Waals surface area contributed by atoms with Gasteiger partial charge >= 0.3 is 6.03 Å². The standard InChI is InChI=1S/C16H25N7O4S/c1-2-18-16(26)19-4-3-5-28-6-9-11(24)12(25)15(27-9)23-8-22-10-13(17)20-7-21-14(10)23/h7-9,11-12,15,24-25H,2-6H2,1H3,(H2,17,20,21)(H2,18,19,26)/t9-,11-,12-,15-/m0/s1. The minimum absolute atomic E-state index is 0.176. The van der Waals surface area contributed by atoms with Gasteiger partial charge < -0.3 is 31.3 Å². The lowest BCUT2D eigenvalue weighted by Crippen LogP contribution is -2.36. The second kappa shape index (κ2) is 9.37. The van der Waals surface area contributed by atoms with E-state index in [1.807, 2.05) is 6.92 Å². The molecule has 4 atom stereocenters. The fraction of sp³-hybridized carbons (Fsp3) is 0.625. The fourth-order valence-corrected chi connectivity index (χ4v) is 3.97. The summed E-state index contributed by atoms with van der Waals surface area (Å²) in [5.41, 5.74) is 6.65. The predicted molar refractivity (Wildman–Crippen MR) is 105 cm³/mol. The molecule has 0 bridgehead atoms. The number of urea groups is 1. The number of hydrogen-bond acceptors (Lipinski definition) is 9. The fourth-order valence-electron chi connectivity index (χ4n) is 2.95. The maximum absolute atomic E-state index is 11.3. The average molecular weight is 411 g/mol. The molecule has 2 aromatic rings. The van der Waals surface area contributed by atoms with Gasteiger partial charge in [-0.3, -0.25) is 4.57 Å². The Labute approximate surface area is 166 Å². The zero-order valence-corrected chi connectivity index (χ0v) is 16.3. The molecule has 2 amide bonds. The van der Waals surface area contributed by atoms with E-state index in [1.165, 1.54) is 12.7 Å². The van der Waals surface area contributed by atoms with Gasteiger partial charge in [0.05, 0.1) is 12.4 Å². The minimum atomic E-state index is -1.11. The molecule has 2 aromatic heterocycles. The lowest BCUT2D eigenvalue weighted by Gasteiger charge is -2.16. The van der Waals surface area contributed by atoms with Crippen molar-refractivity contribution < 1.29 is 19.7 Å². The van der Waals surface area contributed by atoms with Crippen LogP contribution in [0.2, 0.25) is 0 Å². The van der Waals surface area contributed by atoms with Gasteiger partial charge in [0.2, 0.25) is 0 Å². The number of rotatable bonds is 8. The number of hydrogen-bond donors (Lipinski definition) is 5. The molecule has 0 aliphatic carbocycles. The zero-order valence-electron chi connectivity index (χ0n) is 15.5. The molecule has 0 radical (unpaired) electrons. The number of aliphatic hydroxyl groups excluding tert-OH is 2. The van der Waals surface area contributed by atoms with Gasteiger partial charge in [-0.05, 0) is 19.1 Å². The van der Waals surface area contributed by atoms with Crippen LogP contribution in [0.25, 0.3) is 11.2 Å². The van der Waals surface area contributed by atoms with E-state index in [1.54, 1.807) is 16.3 Å². The molecular formula is C16H25N7O4S. The Kier molecular flexibility index (Phi) is 6.88. The lowest BCUT2D eigenvalue weighted by molar-refractivity contribution is -0.0289. The number of imidazole rings is 1. The first-order valence-electron chi connectivity index (χ1n) is 9.07. The molecule has 3 heterocycles. The van der Waals surface area contributed by atoms with E-state index in [9.17, 15) is 15.0 Å². The van der Waals surface area contributed by atoms with Crippen molar-refractivity contribution in [1.29, 1.82) is 0 Å². The normalized spacial score (nSPS) is 24.5. The van der Waals surface area contributed by atoms with Crippen LogP contribution >= 0.6 is 11.8 Å². The number of fused-ring (bicyclic) bond motifs is 1. The van der Waals surface area contributed by atoms with Crippen molar-refractivity contribution in [1.82, 2.24) is 30.2 Å². The average Bonchev–Trinajstić information content (AvgIpc) is 3.22. The molecule has 11 nitrogen and oxygen atoms in total. The first kappa shape index (κ1) is 20.6. The van der Waals surface area contributed by atoms with Crippen LogP contribution in [0.5, 0.6) is 0 Å². The Morgan fingerprint density at radius 1 is 1.32 bits per heavy atom. The van der Waals surface area contributed by atoms with Gasteiger partial charge in [0.25, 0.3) is 0 Å². The molecule has 1 aliphatic rings. The van der Waals surface area contributed by atoms with Crippen molar-refractivity contribution in [3.05, 3.63) is 12.7 Å². The zero-order chi connectivity index (χ0) is 20.1. The molecule has 6 N–H and O–H groups in total. The molecule has 3 rings (SSSR count). The molecule has 0 spiro atoms. The van der Waals surface area contributed by atoms with Crippen molar-refractivity contribution >= 4 is 34.8 Å². The molecule has 154 valence electrons. The Bertz CT molecular complexity index is 804. The number of ether oxygens (including phenoxy) is 1. The number of carbonyl (C=O) groups excluding carboxylic acids is 1. The monoisotopic (exact) mass is 411 g/mol. The molecule has 1 fully saturated rings. The first-order valence-corrected chi connectivity index (χ1v) is 10.2. The maximum Gasteiger partial charge on any atom is 0.314 e. The Morgan fingerprint density at radius 2 is 2.14 bits per heavy atom. The van der Waals surface area contributed by atoms with Crippen LogP contribution in [0.3, 0.4) is 0 Å². The molecule has 28 heavy (non-hydrogen) atoms. The molecule has 1 saturated heterocycles. The number of amides is 2. The van der Waals surface area contributed by atoms with Crippen molar-refractivity contribution in [2.24, 2.45) is 0 Å². The summed E-state index contributed by atoms with van der Waals surface area (Å²) in [6.45, 7) is 3.02. The third-order valence-electron chi connectivity index (χ3n) is 4.37. The summed E-state index contributed by atoms with van der Waals surface area (Å²) in [7, 11) is 0. The van der Waals surface area contributed by atoms with E-state index in [0.717, 1.165) is 12.2 Å². The van der Waals surface area contributed by atoms with Crippen molar-refractivity contribution in [3.63, 3.8) is 0 Å². The van der Waals surface area contributed by atoms with Gasteiger partial charge in [0, 0.05) is 18.8 Å². The number of thioether (sulfide) groups is 1. The largest absolute Gasteiger partial charge is 0.387 e. The van der Waals surface area contributed by atoms with E-state index in [4.69, 9.17) is 10.5 Å². The molecule has 12 heteroatoms. The van der Waals surface area contributed by atoms with Crippen LogP contribution < -0.4 is 16.4 Å². The van der Waals surface area contributed by atoms with Crippen LogP contribution in [-0.4, -0.2) is 78.7 Å². The predicted octanol–water partition coefficient (Wildman–Crippen LogP) is -0.530. The van der Waals surface area contributed by atoms with Gasteiger partial charge in [0.15, 0.2) is 17.7 Å². The van der Waals surface area contributed by atoms with E-state index in [-0.39, 0.29) is 11.8 Å². The lowest BCUT2D eigenvalue weighted by atomic mass is 10.1. The summed E-state index contributed by atoms with van der Waals surface area (Å²) >= 11 is 1.59. The van der Waals surface area contributed by atoms with Gasteiger partial charge in [-0.15, -0.1) is 0 Å². The molecular weight excluding hydrogens is 386 g/mol. The Hall–Kier alpha value is -2.15. The van der Waals surface area contributed by atoms with Crippen LogP contribution in [0.15, 0.2) is 12.7 Å². The van der Waals surface area contributed by atoms with Gasteiger partial charge in [-0.2, -0.15) is 11.8 Å². The van der Waals surface area contributed by atoms with E-state index < -0.39 is 24.5 Å². The third-order valence-corrected chi connectivity index (χ3v) is 5.51. The number of anilines is 1. The maximum atomic E-state index is 11.3. The highest BCUT2D eigenvalue weighted by molar-refractivity contribution is 7.99. The summed E-state index contributed by atoms with van der Waals surface area (Å²) < 4.78 is 7.43. The van der Waals surface area contributed by atoms with Gasteiger partial charge in [-0.1, -0.05) is 0 Å². The Morgan fingerprint density at radius 3 is 2.93 bits per heavy atom.